The zero-order chi connectivity index (χ0) is 16.0. The van der Waals surface area contributed by atoms with E-state index in [0.29, 0.717) is 11.3 Å². The molecule has 1 aromatic carbocycles. The highest BCUT2D eigenvalue weighted by Gasteiger charge is 2.18. The molecular weight excluding hydrogens is 274 g/mol. The van der Waals surface area contributed by atoms with Gasteiger partial charge in [0.2, 0.25) is 5.91 Å². The van der Waals surface area contributed by atoms with E-state index in [1.165, 1.54) is 6.92 Å². The van der Waals surface area contributed by atoms with Crippen LogP contribution in [0.3, 0.4) is 0 Å². The van der Waals surface area contributed by atoms with Crippen molar-refractivity contribution in [3.8, 4) is 5.75 Å². The lowest BCUT2D eigenvalue weighted by Crippen LogP contribution is -2.41. The molecule has 0 heterocycles. The van der Waals surface area contributed by atoms with Crippen molar-refractivity contribution < 1.29 is 24.2 Å². The highest BCUT2D eigenvalue weighted by atomic mass is 16.5. The number of hydrogen-bond acceptors (Lipinski definition) is 4. The maximum atomic E-state index is 11.3. The summed E-state index contributed by atoms with van der Waals surface area (Å²) in [6.45, 7) is 6.28. The van der Waals surface area contributed by atoms with Crippen molar-refractivity contribution in [3.05, 3.63) is 42.0 Å². The van der Waals surface area contributed by atoms with Gasteiger partial charge in [-0.15, -0.1) is 0 Å². The highest BCUT2D eigenvalue weighted by Crippen LogP contribution is 2.14. The number of aliphatic carboxylic acids is 1. The van der Waals surface area contributed by atoms with Crippen molar-refractivity contribution >= 4 is 17.8 Å². The van der Waals surface area contributed by atoms with Crippen molar-refractivity contribution in [3.63, 3.8) is 0 Å². The summed E-state index contributed by atoms with van der Waals surface area (Å²) in [6.07, 6.45) is 0.142. The number of carbonyl (C=O) groups excluding carboxylic acids is 2. The van der Waals surface area contributed by atoms with Crippen LogP contribution in [0, 0.1) is 0 Å². The lowest BCUT2D eigenvalue weighted by atomic mass is 10.1. The minimum Gasteiger partial charge on any atom is -0.480 e. The first-order chi connectivity index (χ1) is 9.79. The highest BCUT2D eigenvalue weighted by molar-refractivity contribution is 5.88. The Kier molecular flexibility index (Phi) is 5.66. The molecule has 0 saturated carbocycles. The van der Waals surface area contributed by atoms with Crippen molar-refractivity contribution in [2.24, 2.45) is 0 Å². The Labute approximate surface area is 122 Å². The van der Waals surface area contributed by atoms with Crippen LogP contribution in [0.2, 0.25) is 0 Å². The Morgan fingerprint density at radius 2 is 1.81 bits per heavy atom. The third kappa shape index (κ3) is 5.48. The number of rotatable bonds is 6. The Morgan fingerprint density at radius 1 is 1.24 bits per heavy atom. The summed E-state index contributed by atoms with van der Waals surface area (Å²) < 4.78 is 5.02. The summed E-state index contributed by atoms with van der Waals surface area (Å²) in [5.41, 5.74) is 0.988. The van der Waals surface area contributed by atoms with Crippen LogP contribution in [-0.2, 0) is 20.8 Å². The van der Waals surface area contributed by atoms with Crippen LogP contribution in [0.1, 0.15) is 19.4 Å². The van der Waals surface area contributed by atoms with E-state index in [9.17, 15) is 14.4 Å². The molecule has 0 spiro atoms. The van der Waals surface area contributed by atoms with Crippen molar-refractivity contribution in [2.45, 2.75) is 26.3 Å². The van der Waals surface area contributed by atoms with Gasteiger partial charge in [0.05, 0.1) is 0 Å². The summed E-state index contributed by atoms with van der Waals surface area (Å²) in [7, 11) is 0. The molecule has 6 nitrogen and oxygen atoms in total. The van der Waals surface area contributed by atoms with Crippen LogP contribution in [0.4, 0.5) is 0 Å². The van der Waals surface area contributed by atoms with Crippen LogP contribution in [-0.4, -0.2) is 29.0 Å². The maximum Gasteiger partial charge on any atom is 0.338 e. The summed E-state index contributed by atoms with van der Waals surface area (Å²) in [5.74, 6) is -1.69. The molecular formula is C15H17NO5. The normalized spacial score (nSPS) is 11.3. The zero-order valence-electron chi connectivity index (χ0n) is 11.9. The van der Waals surface area contributed by atoms with Crippen molar-refractivity contribution in [1.29, 1.82) is 0 Å². The molecule has 112 valence electrons. The average Bonchev–Trinajstić information content (AvgIpc) is 2.39. The van der Waals surface area contributed by atoms with Gasteiger partial charge in [-0.1, -0.05) is 18.7 Å². The zero-order valence-corrected chi connectivity index (χ0v) is 11.9. The quantitative estimate of drug-likeness (QED) is 0.468. The Bertz CT molecular complexity index is 562. The predicted molar refractivity (Wildman–Crippen MR) is 75.8 cm³/mol. The molecule has 2 N–H and O–H groups in total. The standard InChI is InChI=1S/C15H17NO5/c1-9(2)15(20)21-12-6-4-11(5-7-12)8-13(14(18)19)16-10(3)17/h4-7,13H,1,8H2,2-3H3,(H,16,17)(H,18,19)/t13-/m0/s1. The molecule has 6 heteroatoms. The van der Waals surface area contributed by atoms with Gasteiger partial charge in [-0.3, -0.25) is 4.79 Å². The van der Waals surface area contributed by atoms with Crippen LogP contribution >= 0.6 is 0 Å². The van der Waals surface area contributed by atoms with Crippen LogP contribution in [0.15, 0.2) is 36.4 Å². The van der Waals surface area contributed by atoms with Crippen molar-refractivity contribution in [2.75, 3.05) is 0 Å². The summed E-state index contributed by atoms with van der Waals surface area (Å²) in [6, 6.07) is 5.40. The molecule has 0 aliphatic carbocycles. The Hall–Kier alpha value is -2.63. The van der Waals surface area contributed by atoms with E-state index in [1.807, 2.05) is 0 Å². The molecule has 0 saturated heterocycles. The van der Waals surface area contributed by atoms with E-state index in [4.69, 9.17) is 9.84 Å². The number of nitrogens with one attached hydrogen (secondary N) is 1. The molecule has 0 bridgehead atoms. The second-order valence-electron chi connectivity index (χ2n) is 4.61. The van der Waals surface area contributed by atoms with E-state index >= 15 is 0 Å². The SMILES string of the molecule is C=C(C)C(=O)Oc1ccc(C[C@H](NC(C)=O)C(=O)O)cc1. The smallest absolute Gasteiger partial charge is 0.338 e. The lowest BCUT2D eigenvalue weighted by molar-refractivity contribution is -0.141. The minimum atomic E-state index is -1.11. The minimum absolute atomic E-state index is 0.142. The van der Waals surface area contributed by atoms with Gasteiger partial charge in [-0.05, 0) is 24.6 Å². The van der Waals surface area contributed by atoms with Crippen molar-refractivity contribution in [1.82, 2.24) is 5.32 Å². The summed E-state index contributed by atoms with van der Waals surface area (Å²) >= 11 is 0. The second kappa shape index (κ2) is 7.23. The van der Waals surface area contributed by atoms with Gasteiger partial charge in [-0.2, -0.15) is 0 Å². The largest absolute Gasteiger partial charge is 0.480 e. The number of hydrogen-bond donors (Lipinski definition) is 2. The number of ether oxygens (including phenoxy) is 1. The van der Waals surface area contributed by atoms with Gasteiger partial charge in [0.25, 0.3) is 0 Å². The molecule has 0 fully saturated rings. The first-order valence-electron chi connectivity index (χ1n) is 6.26. The van der Waals surface area contributed by atoms with Crippen LogP contribution in [0.5, 0.6) is 5.75 Å². The molecule has 0 aliphatic heterocycles. The van der Waals surface area contributed by atoms with Crippen LogP contribution in [0.25, 0.3) is 0 Å². The number of amides is 1. The molecule has 21 heavy (non-hydrogen) atoms. The number of carboxylic acids is 1. The van der Waals surface area contributed by atoms with Gasteiger partial charge in [0.1, 0.15) is 11.8 Å². The first-order valence-corrected chi connectivity index (χ1v) is 6.26. The maximum absolute atomic E-state index is 11.3. The fraction of sp³-hybridized carbons (Fsp3) is 0.267. The summed E-state index contributed by atoms with van der Waals surface area (Å²) in [4.78, 5) is 33.3. The Balaban J connectivity index is 2.73. The number of esters is 1. The third-order valence-corrected chi connectivity index (χ3v) is 2.60. The van der Waals surface area contributed by atoms with Gasteiger partial charge < -0.3 is 15.2 Å². The average molecular weight is 291 g/mol. The summed E-state index contributed by atoms with van der Waals surface area (Å²) in [5, 5.41) is 11.4. The van der Waals surface area contributed by atoms with E-state index < -0.39 is 23.9 Å². The monoisotopic (exact) mass is 291 g/mol. The fourth-order valence-electron chi connectivity index (χ4n) is 1.57. The van der Waals surface area contributed by atoms with Crippen LogP contribution < -0.4 is 10.1 Å². The van der Waals surface area contributed by atoms with E-state index in [1.54, 1.807) is 31.2 Å². The topological polar surface area (TPSA) is 92.7 Å². The first kappa shape index (κ1) is 16.4. The second-order valence-corrected chi connectivity index (χ2v) is 4.61. The molecule has 0 radical (unpaired) electrons. The molecule has 1 aromatic rings. The van der Waals surface area contributed by atoms with Gasteiger partial charge >= 0.3 is 11.9 Å². The lowest BCUT2D eigenvalue weighted by Gasteiger charge is -2.13. The fourth-order valence-corrected chi connectivity index (χ4v) is 1.57. The number of carbonyl (C=O) groups is 3. The van der Waals surface area contributed by atoms with Gasteiger partial charge in [0.15, 0.2) is 0 Å². The van der Waals surface area contributed by atoms with Gasteiger partial charge in [0, 0.05) is 18.9 Å². The number of carboxylic acid groups (broad SMARTS) is 1. The molecule has 0 aliphatic rings. The predicted octanol–water partition coefficient (Wildman–Crippen LogP) is 1.30. The molecule has 0 unspecified atom stereocenters. The molecule has 1 atom stereocenters. The Morgan fingerprint density at radius 3 is 2.24 bits per heavy atom. The third-order valence-electron chi connectivity index (χ3n) is 2.60. The molecule has 0 aromatic heterocycles. The van der Waals surface area contributed by atoms with Gasteiger partial charge in [-0.25, -0.2) is 9.59 Å². The van der Waals surface area contributed by atoms with E-state index in [0.717, 1.165) is 0 Å². The van der Waals surface area contributed by atoms with E-state index in [-0.39, 0.29) is 12.0 Å². The van der Waals surface area contributed by atoms with E-state index in [2.05, 4.69) is 11.9 Å². The molecule has 1 rings (SSSR count). The number of benzene rings is 1. The molecule has 1 amide bonds.